The number of rotatable bonds is 6. The van der Waals surface area contributed by atoms with Gasteiger partial charge in [0, 0.05) is 17.5 Å². The molecule has 2 N–H and O–H groups in total. The van der Waals surface area contributed by atoms with Gasteiger partial charge in [-0.1, -0.05) is 37.3 Å². The van der Waals surface area contributed by atoms with E-state index in [-0.39, 0.29) is 0 Å². The summed E-state index contributed by atoms with van der Waals surface area (Å²) >= 11 is 1.60. The molecule has 3 nitrogen and oxygen atoms in total. The molecule has 0 saturated carbocycles. The van der Waals surface area contributed by atoms with Gasteiger partial charge < -0.3 is 10.5 Å². The van der Waals surface area contributed by atoms with Gasteiger partial charge in [0.1, 0.15) is 17.4 Å². The van der Waals surface area contributed by atoms with Crippen molar-refractivity contribution in [3.05, 3.63) is 70.0 Å². The summed E-state index contributed by atoms with van der Waals surface area (Å²) in [7, 11) is 0. The number of thiazole rings is 1. The van der Waals surface area contributed by atoms with Gasteiger partial charge in [0.25, 0.3) is 0 Å². The van der Waals surface area contributed by atoms with Crippen LogP contribution in [0.4, 0.5) is 0 Å². The van der Waals surface area contributed by atoms with Crippen LogP contribution in [-0.4, -0.2) is 4.98 Å². The highest BCUT2D eigenvalue weighted by atomic mass is 32.1. The summed E-state index contributed by atoms with van der Waals surface area (Å²) in [6.07, 6.45) is 0.922. The third kappa shape index (κ3) is 3.78. The monoisotopic (exact) mass is 324 g/mol. The van der Waals surface area contributed by atoms with Crippen molar-refractivity contribution in [3.8, 4) is 17.0 Å². The zero-order chi connectivity index (χ0) is 16.1. The average molecular weight is 324 g/mol. The first-order chi connectivity index (χ1) is 11.3. The van der Waals surface area contributed by atoms with Gasteiger partial charge in [-0.25, -0.2) is 4.98 Å². The zero-order valence-electron chi connectivity index (χ0n) is 13.2. The minimum atomic E-state index is 0.490. The first-order valence-electron chi connectivity index (χ1n) is 7.74. The van der Waals surface area contributed by atoms with Gasteiger partial charge in [0.05, 0.1) is 5.69 Å². The first kappa shape index (κ1) is 15.7. The number of nitrogens with zero attached hydrogens (tertiary/aromatic N) is 1. The van der Waals surface area contributed by atoms with E-state index in [1.54, 1.807) is 11.3 Å². The van der Waals surface area contributed by atoms with E-state index in [9.17, 15) is 0 Å². The Morgan fingerprint density at radius 1 is 1.13 bits per heavy atom. The topological polar surface area (TPSA) is 48.1 Å². The van der Waals surface area contributed by atoms with Crippen LogP contribution in [0.15, 0.2) is 53.9 Å². The summed E-state index contributed by atoms with van der Waals surface area (Å²) in [5.74, 6) is 0.939. The van der Waals surface area contributed by atoms with Crippen molar-refractivity contribution in [2.45, 2.75) is 26.5 Å². The first-order valence-corrected chi connectivity index (χ1v) is 8.62. The molecule has 3 aromatic rings. The lowest BCUT2D eigenvalue weighted by Gasteiger charge is -2.12. The van der Waals surface area contributed by atoms with Crippen molar-refractivity contribution >= 4 is 11.3 Å². The molecule has 0 spiro atoms. The van der Waals surface area contributed by atoms with Gasteiger partial charge in [0.15, 0.2) is 0 Å². The molecule has 3 rings (SSSR count). The van der Waals surface area contributed by atoms with Crippen LogP contribution in [0.25, 0.3) is 11.3 Å². The SMILES string of the molecule is CCc1cc(-c2csc(CN)n2)ccc1OCc1ccccc1. The molecule has 0 unspecified atom stereocenters. The van der Waals surface area contributed by atoms with Gasteiger partial charge in [-0.3, -0.25) is 0 Å². The molecule has 4 heteroatoms. The molecule has 2 aromatic carbocycles. The fourth-order valence-corrected chi connectivity index (χ4v) is 3.11. The lowest BCUT2D eigenvalue weighted by molar-refractivity contribution is 0.303. The minimum Gasteiger partial charge on any atom is -0.489 e. The molecule has 0 aliphatic carbocycles. The largest absolute Gasteiger partial charge is 0.489 e. The number of hydrogen-bond donors (Lipinski definition) is 1. The third-order valence-electron chi connectivity index (χ3n) is 3.70. The van der Waals surface area contributed by atoms with E-state index in [0.717, 1.165) is 28.4 Å². The number of hydrogen-bond acceptors (Lipinski definition) is 4. The Bertz CT molecular complexity index is 768. The second kappa shape index (κ2) is 7.40. The lowest BCUT2D eigenvalue weighted by Crippen LogP contribution is -1.98. The lowest BCUT2D eigenvalue weighted by atomic mass is 10.1. The van der Waals surface area contributed by atoms with E-state index in [2.05, 4.69) is 41.6 Å². The molecule has 118 valence electrons. The maximum absolute atomic E-state index is 5.99. The number of benzene rings is 2. The highest BCUT2D eigenvalue weighted by Gasteiger charge is 2.08. The van der Waals surface area contributed by atoms with Gasteiger partial charge in [-0.05, 0) is 35.7 Å². The second-order valence-electron chi connectivity index (χ2n) is 5.28. The van der Waals surface area contributed by atoms with Crippen molar-refractivity contribution in [1.82, 2.24) is 4.98 Å². The summed E-state index contributed by atoms with van der Waals surface area (Å²) in [6, 6.07) is 16.5. The molecule has 0 saturated heterocycles. The van der Waals surface area contributed by atoms with Crippen LogP contribution in [0.5, 0.6) is 5.75 Å². The molecule has 0 radical (unpaired) electrons. The van der Waals surface area contributed by atoms with Gasteiger partial charge in [-0.15, -0.1) is 11.3 Å². The summed E-state index contributed by atoms with van der Waals surface area (Å²) in [4.78, 5) is 4.55. The number of aryl methyl sites for hydroxylation is 1. The van der Waals surface area contributed by atoms with Crippen molar-refractivity contribution in [2.75, 3.05) is 0 Å². The Morgan fingerprint density at radius 3 is 2.65 bits per heavy atom. The number of aromatic nitrogens is 1. The van der Waals surface area contributed by atoms with Gasteiger partial charge in [-0.2, -0.15) is 0 Å². The maximum Gasteiger partial charge on any atom is 0.123 e. The normalized spacial score (nSPS) is 10.7. The van der Waals surface area contributed by atoms with Crippen LogP contribution >= 0.6 is 11.3 Å². The molecule has 0 atom stereocenters. The molecule has 0 aliphatic rings. The van der Waals surface area contributed by atoms with Crippen LogP contribution in [0.3, 0.4) is 0 Å². The fraction of sp³-hybridized carbons (Fsp3) is 0.211. The van der Waals surface area contributed by atoms with Crippen LogP contribution in [0, 0.1) is 0 Å². The van der Waals surface area contributed by atoms with Crippen LogP contribution < -0.4 is 10.5 Å². The molecule has 1 heterocycles. The Hall–Kier alpha value is -2.17. The van der Waals surface area contributed by atoms with E-state index in [1.165, 1.54) is 11.1 Å². The molecule has 0 aliphatic heterocycles. The van der Waals surface area contributed by atoms with Crippen LogP contribution in [0.1, 0.15) is 23.1 Å². The predicted octanol–water partition coefficient (Wildman–Crippen LogP) is 4.41. The molecule has 1 aromatic heterocycles. The van der Waals surface area contributed by atoms with Crippen molar-refractivity contribution in [2.24, 2.45) is 5.73 Å². The van der Waals surface area contributed by atoms with Crippen molar-refractivity contribution in [3.63, 3.8) is 0 Å². The fourth-order valence-electron chi connectivity index (χ4n) is 2.43. The van der Waals surface area contributed by atoms with Gasteiger partial charge in [0.2, 0.25) is 0 Å². The smallest absolute Gasteiger partial charge is 0.123 e. The zero-order valence-corrected chi connectivity index (χ0v) is 14.0. The maximum atomic E-state index is 5.99. The molecule has 0 bridgehead atoms. The minimum absolute atomic E-state index is 0.490. The van der Waals surface area contributed by atoms with E-state index in [4.69, 9.17) is 10.5 Å². The van der Waals surface area contributed by atoms with E-state index in [0.29, 0.717) is 13.2 Å². The molecule has 23 heavy (non-hydrogen) atoms. The van der Waals surface area contributed by atoms with Crippen LogP contribution in [0.2, 0.25) is 0 Å². The summed E-state index contributed by atoms with van der Waals surface area (Å²) in [5, 5.41) is 3.02. The van der Waals surface area contributed by atoms with Gasteiger partial charge >= 0.3 is 0 Å². The highest BCUT2D eigenvalue weighted by molar-refractivity contribution is 7.09. The number of nitrogens with two attached hydrogens (primary N) is 1. The highest BCUT2D eigenvalue weighted by Crippen LogP contribution is 2.28. The third-order valence-corrected chi connectivity index (χ3v) is 4.57. The predicted molar refractivity (Wildman–Crippen MR) is 95.6 cm³/mol. The summed E-state index contributed by atoms with van der Waals surface area (Å²) in [6.45, 7) is 3.21. The average Bonchev–Trinajstić information content (AvgIpc) is 3.10. The van der Waals surface area contributed by atoms with E-state index >= 15 is 0 Å². The summed E-state index contributed by atoms with van der Waals surface area (Å²) in [5.41, 5.74) is 10.1. The van der Waals surface area contributed by atoms with Crippen molar-refractivity contribution < 1.29 is 4.74 Å². The molecule has 0 fully saturated rings. The Balaban J connectivity index is 1.79. The quantitative estimate of drug-likeness (QED) is 0.730. The second-order valence-corrected chi connectivity index (χ2v) is 6.22. The van der Waals surface area contributed by atoms with E-state index in [1.807, 2.05) is 24.3 Å². The Labute approximate surface area is 140 Å². The Morgan fingerprint density at radius 2 is 1.96 bits per heavy atom. The standard InChI is InChI=1S/C19H20N2OS/c1-2-15-10-16(17-13-23-19(11-20)21-17)8-9-18(15)22-12-14-6-4-3-5-7-14/h3-10,13H,2,11-12,20H2,1H3. The Kier molecular flexibility index (Phi) is 5.05. The molecular weight excluding hydrogens is 304 g/mol. The molecular formula is C19H20N2OS. The molecule has 0 amide bonds. The summed E-state index contributed by atoms with van der Waals surface area (Å²) < 4.78 is 5.99. The van der Waals surface area contributed by atoms with Crippen molar-refractivity contribution in [1.29, 1.82) is 0 Å². The van der Waals surface area contributed by atoms with E-state index < -0.39 is 0 Å². The van der Waals surface area contributed by atoms with Crippen LogP contribution in [-0.2, 0) is 19.6 Å². The number of ether oxygens (including phenoxy) is 1.